The third-order valence-electron chi connectivity index (χ3n) is 2.56. The summed E-state index contributed by atoms with van der Waals surface area (Å²) in [5.41, 5.74) is 1.46. The standard InChI is InChI=1S/C13H9Cl3N2O2/c14-9-3-8(4-10(15)5-9)7-17-11-1-2-13(18(19)20)12(16)6-11/h1-6,17H,7H2. The van der Waals surface area contributed by atoms with Crippen LogP contribution in [0.4, 0.5) is 11.4 Å². The topological polar surface area (TPSA) is 55.2 Å². The fourth-order valence-corrected chi connectivity index (χ4v) is 2.50. The number of anilines is 1. The second kappa shape index (κ2) is 6.31. The van der Waals surface area contributed by atoms with E-state index >= 15 is 0 Å². The van der Waals surface area contributed by atoms with Crippen LogP contribution in [-0.2, 0) is 6.54 Å². The first kappa shape index (κ1) is 14.9. The molecule has 0 aliphatic carbocycles. The molecule has 0 unspecified atom stereocenters. The molecule has 104 valence electrons. The van der Waals surface area contributed by atoms with Crippen molar-refractivity contribution in [3.8, 4) is 0 Å². The molecule has 20 heavy (non-hydrogen) atoms. The Hall–Kier alpha value is -1.49. The molecule has 2 rings (SSSR count). The summed E-state index contributed by atoms with van der Waals surface area (Å²) in [7, 11) is 0. The van der Waals surface area contributed by atoms with E-state index in [0.29, 0.717) is 22.3 Å². The number of rotatable bonds is 4. The van der Waals surface area contributed by atoms with Crippen molar-refractivity contribution < 1.29 is 4.92 Å². The second-order valence-electron chi connectivity index (χ2n) is 4.05. The Kier molecular flexibility index (Phi) is 4.70. The molecule has 0 aromatic heterocycles. The monoisotopic (exact) mass is 330 g/mol. The molecule has 0 heterocycles. The van der Waals surface area contributed by atoms with Gasteiger partial charge in [0.1, 0.15) is 5.02 Å². The highest BCUT2D eigenvalue weighted by molar-refractivity contribution is 6.34. The van der Waals surface area contributed by atoms with Crippen LogP contribution in [0.3, 0.4) is 0 Å². The van der Waals surface area contributed by atoms with Crippen LogP contribution >= 0.6 is 34.8 Å². The Morgan fingerprint density at radius 2 is 1.70 bits per heavy atom. The number of hydrogen-bond acceptors (Lipinski definition) is 3. The molecule has 0 radical (unpaired) electrons. The van der Waals surface area contributed by atoms with Crippen LogP contribution in [0.1, 0.15) is 5.56 Å². The van der Waals surface area contributed by atoms with Gasteiger partial charge in [-0.05, 0) is 35.9 Å². The predicted octanol–water partition coefficient (Wildman–Crippen LogP) is 5.17. The summed E-state index contributed by atoms with van der Waals surface area (Å²) in [6.07, 6.45) is 0. The van der Waals surface area contributed by atoms with Gasteiger partial charge in [-0.1, -0.05) is 34.8 Å². The Morgan fingerprint density at radius 3 is 2.25 bits per heavy atom. The average molecular weight is 332 g/mol. The number of nitrogens with zero attached hydrogens (tertiary/aromatic N) is 1. The lowest BCUT2D eigenvalue weighted by Gasteiger charge is -2.08. The Balaban J connectivity index is 2.11. The third-order valence-corrected chi connectivity index (χ3v) is 3.30. The van der Waals surface area contributed by atoms with Gasteiger partial charge in [0, 0.05) is 28.3 Å². The molecule has 1 N–H and O–H groups in total. The summed E-state index contributed by atoms with van der Waals surface area (Å²) in [6, 6.07) is 9.67. The number of nitro benzene ring substituents is 1. The first-order valence-corrected chi connectivity index (χ1v) is 6.72. The summed E-state index contributed by atoms with van der Waals surface area (Å²) in [4.78, 5) is 10.1. The zero-order chi connectivity index (χ0) is 14.7. The molecule has 0 saturated carbocycles. The molecule has 0 bridgehead atoms. The van der Waals surface area contributed by atoms with E-state index in [1.807, 2.05) is 0 Å². The quantitative estimate of drug-likeness (QED) is 0.621. The maximum atomic E-state index is 10.7. The van der Waals surface area contributed by atoms with Gasteiger partial charge in [-0.2, -0.15) is 0 Å². The lowest BCUT2D eigenvalue weighted by atomic mass is 10.2. The van der Waals surface area contributed by atoms with E-state index in [1.165, 1.54) is 12.1 Å². The smallest absolute Gasteiger partial charge is 0.288 e. The van der Waals surface area contributed by atoms with Crippen molar-refractivity contribution in [3.63, 3.8) is 0 Å². The number of halogens is 3. The van der Waals surface area contributed by atoms with Gasteiger partial charge in [-0.15, -0.1) is 0 Å². The molecular weight excluding hydrogens is 323 g/mol. The summed E-state index contributed by atoms with van der Waals surface area (Å²) in [5.74, 6) is 0. The van der Waals surface area contributed by atoms with E-state index in [0.717, 1.165) is 5.56 Å². The van der Waals surface area contributed by atoms with Crippen LogP contribution in [0.15, 0.2) is 36.4 Å². The second-order valence-corrected chi connectivity index (χ2v) is 5.33. The first-order valence-electron chi connectivity index (χ1n) is 5.58. The van der Waals surface area contributed by atoms with Crippen molar-refractivity contribution in [2.45, 2.75) is 6.54 Å². The summed E-state index contributed by atoms with van der Waals surface area (Å²) in [5, 5.41) is 14.9. The van der Waals surface area contributed by atoms with Gasteiger partial charge in [0.15, 0.2) is 0 Å². The molecular formula is C13H9Cl3N2O2. The van der Waals surface area contributed by atoms with Crippen LogP contribution in [0.5, 0.6) is 0 Å². The molecule has 0 atom stereocenters. The fraction of sp³-hybridized carbons (Fsp3) is 0.0769. The molecule has 4 nitrogen and oxygen atoms in total. The van der Waals surface area contributed by atoms with Crippen molar-refractivity contribution in [2.75, 3.05) is 5.32 Å². The van der Waals surface area contributed by atoms with Crippen LogP contribution in [0.25, 0.3) is 0 Å². The first-order chi connectivity index (χ1) is 9.45. The van der Waals surface area contributed by atoms with Crippen molar-refractivity contribution >= 4 is 46.2 Å². The zero-order valence-electron chi connectivity index (χ0n) is 10.1. The van der Waals surface area contributed by atoms with Gasteiger partial charge in [0.2, 0.25) is 0 Å². The minimum Gasteiger partial charge on any atom is -0.381 e. The van der Waals surface area contributed by atoms with Crippen LogP contribution in [0, 0.1) is 10.1 Å². The van der Waals surface area contributed by atoms with E-state index < -0.39 is 4.92 Å². The number of nitro groups is 1. The van der Waals surface area contributed by atoms with Gasteiger partial charge < -0.3 is 5.32 Å². The SMILES string of the molecule is O=[N+]([O-])c1ccc(NCc2cc(Cl)cc(Cl)c2)cc1Cl. The van der Waals surface area contributed by atoms with Crippen molar-refractivity contribution in [3.05, 3.63) is 67.1 Å². The largest absolute Gasteiger partial charge is 0.381 e. The minimum absolute atomic E-state index is 0.0872. The van der Waals surface area contributed by atoms with Gasteiger partial charge in [0.25, 0.3) is 5.69 Å². The molecule has 7 heteroatoms. The maximum Gasteiger partial charge on any atom is 0.288 e. The molecule has 0 amide bonds. The molecule has 2 aromatic rings. The minimum atomic E-state index is -0.525. The van der Waals surface area contributed by atoms with Crippen molar-refractivity contribution in [1.82, 2.24) is 0 Å². The number of nitrogens with one attached hydrogen (secondary N) is 1. The lowest BCUT2D eigenvalue weighted by Crippen LogP contribution is -2.00. The van der Waals surface area contributed by atoms with Crippen LogP contribution in [-0.4, -0.2) is 4.92 Å². The van der Waals surface area contributed by atoms with Gasteiger partial charge in [0.05, 0.1) is 4.92 Å². The number of hydrogen-bond donors (Lipinski definition) is 1. The molecule has 0 aliphatic rings. The predicted molar refractivity (Wildman–Crippen MR) is 81.9 cm³/mol. The van der Waals surface area contributed by atoms with E-state index in [9.17, 15) is 10.1 Å². The Morgan fingerprint density at radius 1 is 1.05 bits per heavy atom. The van der Waals surface area contributed by atoms with Crippen LogP contribution < -0.4 is 5.32 Å². The normalized spacial score (nSPS) is 10.3. The molecule has 0 fully saturated rings. The highest BCUT2D eigenvalue weighted by Crippen LogP contribution is 2.27. The molecule has 0 aliphatic heterocycles. The average Bonchev–Trinajstić information content (AvgIpc) is 2.35. The van der Waals surface area contributed by atoms with Gasteiger partial charge >= 0.3 is 0 Å². The van der Waals surface area contributed by atoms with Crippen molar-refractivity contribution in [2.24, 2.45) is 0 Å². The summed E-state index contributed by atoms with van der Waals surface area (Å²) >= 11 is 17.6. The maximum absolute atomic E-state index is 10.7. The van der Waals surface area contributed by atoms with E-state index in [-0.39, 0.29) is 10.7 Å². The summed E-state index contributed by atoms with van der Waals surface area (Å²) < 4.78 is 0. The van der Waals surface area contributed by atoms with Crippen LogP contribution in [0.2, 0.25) is 15.1 Å². The highest BCUT2D eigenvalue weighted by atomic mass is 35.5. The lowest BCUT2D eigenvalue weighted by molar-refractivity contribution is -0.384. The third kappa shape index (κ3) is 3.76. The fourth-order valence-electron chi connectivity index (χ4n) is 1.68. The molecule has 0 spiro atoms. The van der Waals surface area contributed by atoms with Crippen molar-refractivity contribution in [1.29, 1.82) is 0 Å². The Bertz CT molecular complexity index is 642. The molecule has 0 saturated heterocycles. The highest BCUT2D eigenvalue weighted by Gasteiger charge is 2.11. The Labute approximate surface area is 130 Å². The summed E-state index contributed by atoms with van der Waals surface area (Å²) in [6.45, 7) is 0.481. The van der Waals surface area contributed by atoms with Gasteiger partial charge in [-0.3, -0.25) is 10.1 Å². The zero-order valence-corrected chi connectivity index (χ0v) is 12.3. The van der Waals surface area contributed by atoms with Gasteiger partial charge in [-0.25, -0.2) is 0 Å². The number of benzene rings is 2. The van der Waals surface area contributed by atoms with E-state index in [2.05, 4.69) is 5.32 Å². The van der Waals surface area contributed by atoms with E-state index in [1.54, 1.807) is 24.3 Å². The van der Waals surface area contributed by atoms with E-state index in [4.69, 9.17) is 34.8 Å². The molecule has 2 aromatic carbocycles.